The molecule has 4 heteroatoms. The van der Waals surface area contributed by atoms with Crippen LogP contribution in [0.2, 0.25) is 0 Å². The van der Waals surface area contributed by atoms with Gasteiger partial charge in [0.15, 0.2) is 0 Å². The van der Waals surface area contributed by atoms with Gasteiger partial charge in [-0.2, -0.15) is 0 Å². The molecule has 1 aliphatic rings. The maximum atomic E-state index is 4.32. The van der Waals surface area contributed by atoms with Crippen molar-refractivity contribution in [2.45, 2.75) is 45.7 Å². The SMILES string of the molecule is CCCN(CC)CCn1cncc1C1CCCN1. The standard InChI is InChI=1S/C14H26N4/c1-3-8-17(4-2)9-10-18-12-15-11-14(18)13-6-5-7-16-13/h11-13,16H,3-10H2,1-2H3. The van der Waals surface area contributed by atoms with Crippen LogP contribution < -0.4 is 5.32 Å². The van der Waals surface area contributed by atoms with Crippen LogP contribution in [0.25, 0.3) is 0 Å². The van der Waals surface area contributed by atoms with Gasteiger partial charge in [-0.1, -0.05) is 13.8 Å². The lowest BCUT2D eigenvalue weighted by Crippen LogP contribution is -2.29. The third-order valence-corrected chi connectivity index (χ3v) is 3.81. The number of likely N-dealkylation sites (N-methyl/N-ethyl adjacent to an activating group) is 1. The Labute approximate surface area is 110 Å². The third kappa shape index (κ3) is 3.33. The Bertz CT molecular complexity index is 341. The summed E-state index contributed by atoms with van der Waals surface area (Å²) in [4.78, 5) is 6.83. The van der Waals surface area contributed by atoms with Gasteiger partial charge in [-0.05, 0) is 38.9 Å². The van der Waals surface area contributed by atoms with Gasteiger partial charge >= 0.3 is 0 Å². The third-order valence-electron chi connectivity index (χ3n) is 3.81. The summed E-state index contributed by atoms with van der Waals surface area (Å²) in [6, 6.07) is 0.522. The van der Waals surface area contributed by atoms with Gasteiger partial charge in [0.1, 0.15) is 0 Å². The number of rotatable bonds is 7. The zero-order valence-corrected chi connectivity index (χ0v) is 11.7. The summed E-state index contributed by atoms with van der Waals surface area (Å²) in [5.41, 5.74) is 1.36. The van der Waals surface area contributed by atoms with Gasteiger partial charge in [-0.3, -0.25) is 0 Å². The first-order chi connectivity index (χ1) is 8.85. The van der Waals surface area contributed by atoms with Crippen LogP contribution in [0.1, 0.15) is 44.8 Å². The Morgan fingerprint density at radius 1 is 1.44 bits per heavy atom. The fourth-order valence-corrected chi connectivity index (χ4v) is 2.74. The smallest absolute Gasteiger partial charge is 0.0949 e. The topological polar surface area (TPSA) is 33.1 Å². The van der Waals surface area contributed by atoms with Crippen molar-refractivity contribution in [1.82, 2.24) is 19.8 Å². The molecule has 1 aliphatic heterocycles. The lowest BCUT2D eigenvalue weighted by molar-refractivity contribution is 0.274. The first kappa shape index (κ1) is 13.6. The second-order valence-electron chi connectivity index (χ2n) is 5.10. The molecule has 2 heterocycles. The molecule has 0 aromatic carbocycles. The maximum absolute atomic E-state index is 4.32. The average Bonchev–Trinajstić information content (AvgIpc) is 3.04. The van der Waals surface area contributed by atoms with Crippen LogP contribution in [0.15, 0.2) is 12.5 Å². The number of hydrogen-bond donors (Lipinski definition) is 1. The molecule has 0 spiro atoms. The summed E-state index contributed by atoms with van der Waals surface area (Å²) in [6.07, 6.45) is 7.77. The molecule has 102 valence electrons. The molecule has 0 amide bonds. The van der Waals surface area contributed by atoms with Crippen molar-refractivity contribution in [3.8, 4) is 0 Å². The summed E-state index contributed by atoms with van der Waals surface area (Å²) in [6.45, 7) is 10.1. The Balaban J connectivity index is 1.90. The number of hydrogen-bond acceptors (Lipinski definition) is 3. The minimum absolute atomic E-state index is 0.522. The molecule has 0 aliphatic carbocycles. The molecule has 1 atom stereocenters. The van der Waals surface area contributed by atoms with E-state index >= 15 is 0 Å². The van der Waals surface area contributed by atoms with E-state index in [2.05, 4.69) is 33.6 Å². The number of aromatic nitrogens is 2. The fourth-order valence-electron chi connectivity index (χ4n) is 2.74. The fraction of sp³-hybridized carbons (Fsp3) is 0.786. The second kappa shape index (κ2) is 6.90. The van der Waals surface area contributed by atoms with E-state index < -0.39 is 0 Å². The summed E-state index contributed by atoms with van der Waals surface area (Å²) in [7, 11) is 0. The molecule has 0 radical (unpaired) electrons. The number of imidazole rings is 1. The van der Waals surface area contributed by atoms with Crippen molar-refractivity contribution < 1.29 is 0 Å². The van der Waals surface area contributed by atoms with E-state index in [1.165, 1.54) is 31.5 Å². The first-order valence-corrected chi connectivity index (χ1v) is 7.31. The minimum Gasteiger partial charge on any atom is -0.332 e. The Hall–Kier alpha value is -0.870. The van der Waals surface area contributed by atoms with Crippen LogP contribution in [-0.4, -0.2) is 40.6 Å². The lowest BCUT2D eigenvalue weighted by atomic mass is 10.2. The maximum Gasteiger partial charge on any atom is 0.0949 e. The lowest BCUT2D eigenvalue weighted by Gasteiger charge is -2.21. The number of nitrogens with zero attached hydrogens (tertiary/aromatic N) is 3. The van der Waals surface area contributed by atoms with E-state index in [0.29, 0.717) is 6.04 Å². The Morgan fingerprint density at radius 3 is 3.00 bits per heavy atom. The van der Waals surface area contributed by atoms with Crippen LogP contribution in [0.3, 0.4) is 0 Å². The quantitative estimate of drug-likeness (QED) is 0.804. The molecule has 1 N–H and O–H groups in total. The molecule has 0 saturated carbocycles. The highest BCUT2D eigenvalue weighted by atomic mass is 15.2. The Morgan fingerprint density at radius 2 is 2.33 bits per heavy atom. The molecule has 1 saturated heterocycles. The minimum atomic E-state index is 0.522. The number of nitrogens with one attached hydrogen (secondary N) is 1. The van der Waals surface area contributed by atoms with Crippen LogP contribution in [-0.2, 0) is 6.54 Å². The van der Waals surface area contributed by atoms with Crippen molar-refractivity contribution in [1.29, 1.82) is 0 Å². The molecule has 1 fully saturated rings. The predicted octanol–water partition coefficient (Wildman–Crippen LogP) is 2.04. The monoisotopic (exact) mass is 250 g/mol. The zero-order chi connectivity index (χ0) is 12.8. The molecule has 1 aromatic rings. The molecule has 0 bridgehead atoms. The van der Waals surface area contributed by atoms with Crippen molar-refractivity contribution in [2.75, 3.05) is 26.2 Å². The molecule has 1 aromatic heterocycles. The molecule has 4 nitrogen and oxygen atoms in total. The van der Waals surface area contributed by atoms with Gasteiger partial charge in [-0.25, -0.2) is 4.98 Å². The van der Waals surface area contributed by atoms with Gasteiger partial charge in [0.2, 0.25) is 0 Å². The van der Waals surface area contributed by atoms with Crippen LogP contribution in [0.4, 0.5) is 0 Å². The summed E-state index contributed by atoms with van der Waals surface area (Å²) >= 11 is 0. The first-order valence-electron chi connectivity index (χ1n) is 7.31. The normalized spacial score (nSPS) is 19.8. The highest BCUT2D eigenvalue weighted by Gasteiger charge is 2.19. The van der Waals surface area contributed by atoms with E-state index in [0.717, 1.165) is 26.2 Å². The van der Waals surface area contributed by atoms with Crippen LogP contribution in [0.5, 0.6) is 0 Å². The van der Waals surface area contributed by atoms with E-state index in [-0.39, 0.29) is 0 Å². The summed E-state index contributed by atoms with van der Waals surface area (Å²) in [5.74, 6) is 0. The average molecular weight is 250 g/mol. The van der Waals surface area contributed by atoms with Gasteiger partial charge in [0, 0.05) is 25.3 Å². The van der Waals surface area contributed by atoms with Gasteiger partial charge in [0.25, 0.3) is 0 Å². The highest BCUT2D eigenvalue weighted by molar-refractivity contribution is 5.07. The van der Waals surface area contributed by atoms with Gasteiger partial charge in [-0.15, -0.1) is 0 Å². The van der Waals surface area contributed by atoms with Crippen LogP contribution in [0, 0.1) is 0 Å². The summed E-state index contributed by atoms with van der Waals surface area (Å²) < 4.78 is 2.32. The van der Waals surface area contributed by atoms with Crippen molar-refractivity contribution in [3.63, 3.8) is 0 Å². The van der Waals surface area contributed by atoms with E-state index in [4.69, 9.17) is 0 Å². The van der Waals surface area contributed by atoms with Crippen molar-refractivity contribution in [2.24, 2.45) is 0 Å². The van der Waals surface area contributed by atoms with Gasteiger partial charge < -0.3 is 14.8 Å². The zero-order valence-electron chi connectivity index (χ0n) is 11.7. The predicted molar refractivity (Wildman–Crippen MR) is 74.6 cm³/mol. The second-order valence-corrected chi connectivity index (χ2v) is 5.10. The van der Waals surface area contributed by atoms with E-state index in [1.54, 1.807) is 0 Å². The van der Waals surface area contributed by atoms with Crippen molar-refractivity contribution >= 4 is 0 Å². The molecule has 1 unspecified atom stereocenters. The van der Waals surface area contributed by atoms with Crippen LogP contribution >= 0.6 is 0 Å². The Kier molecular flexibility index (Phi) is 5.20. The summed E-state index contributed by atoms with van der Waals surface area (Å²) in [5, 5.41) is 3.55. The van der Waals surface area contributed by atoms with Crippen molar-refractivity contribution in [3.05, 3.63) is 18.2 Å². The molecular weight excluding hydrogens is 224 g/mol. The van der Waals surface area contributed by atoms with E-state index in [9.17, 15) is 0 Å². The molecule has 2 rings (SSSR count). The van der Waals surface area contributed by atoms with Gasteiger partial charge in [0.05, 0.1) is 12.0 Å². The highest BCUT2D eigenvalue weighted by Crippen LogP contribution is 2.22. The largest absolute Gasteiger partial charge is 0.332 e. The molecule has 18 heavy (non-hydrogen) atoms. The van der Waals surface area contributed by atoms with E-state index in [1.807, 2.05) is 12.5 Å². The molecular formula is C14H26N4.